The monoisotopic (exact) mass is 302 g/mol. The molecule has 1 atom stereocenters. The van der Waals surface area contributed by atoms with Crippen molar-refractivity contribution in [2.75, 3.05) is 20.2 Å². The summed E-state index contributed by atoms with van der Waals surface area (Å²) in [6.07, 6.45) is 1.94. The normalized spacial score (nSPS) is 18.1. The molecule has 1 saturated heterocycles. The van der Waals surface area contributed by atoms with E-state index in [-0.39, 0.29) is 23.1 Å². The van der Waals surface area contributed by atoms with Crippen LogP contribution in [0.2, 0.25) is 0 Å². The smallest absolute Gasteiger partial charge is 0.287 e. The fourth-order valence-corrected chi connectivity index (χ4v) is 2.61. The number of hydrogen-bond donors (Lipinski definition) is 2. The number of hydrogen-bond acceptors (Lipinski definition) is 5. The van der Waals surface area contributed by atoms with E-state index in [0.717, 1.165) is 25.9 Å². The Morgan fingerprint density at radius 2 is 2.27 bits per heavy atom. The number of ether oxygens (including phenoxy) is 1. The van der Waals surface area contributed by atoms with E-state index in [9.17, 15) is 9.59 Å². The number of fused-ring (bicyclic) bond motifs is 1. The summed E-state index contributed by atoms with van der Waals surface area (Å²) in [5.41, 5.74) is 0.106. The summed E-state index contributed by atoms with van der Waals surface area (Å²) >= 11 is 0. The zero-order valence-electron chi connectivity index (χ0n) is 12.3. The van der Waals surface area contributed by atoms with Gasteiger partial charge in [0.25, 0.3) is 5.91 Å². The maximum atomic E-state index is 12.3. The van der Waals surface area contributed by atoms with Crippen LogP contribution in [0.1, 0.15) is 23.4 Å². The van der Waals surface area contributed by atoms with Gasteiger partial charge in [0, 0.05) is 24.7 Å². The maximum absolute atomic E-state index is 12.3. The van der Waals surface area contributed by atoms with Gasteiger partial charge in [0.15, 0.2) is 11.2 Å². The van der Waals surface area contributed by atoms with E-state index in [4.69, 9.17) is 9.15 Å². The van der Waals surface area contributed by atoms with Crippen LogP contribution in [0.15, 0.2) is 33.5 Å². The first-order chi connectivity index (χ1) is 10.7. The molecule has 116 valence electrons. The lowest BCUT2D eigenvalue weighted by molar-refractivity contribution is 0.0903. The highest BCUT2D eigenvalue weighted by molar-refractivity contribution is 5.93. The van der Waals surface area contributed by atoms with E-state index in [1.165, 1.54) is 13.2 Å². The Labute approximate surface area is 127 Å². The van der Waals surface area contributed by atoms with Crippen molar-refractivity contribution in [1.29, 1.82) is 0 Å². The third-order valence-corrected chi connectivity index (χ3v) is 3.79. The molecule has 22 heavy (non-hydrogen) atoms. The predicted octanol–water partition coefficient (Wildman–Crippen LogP) is 1.28. The van der Waals surface area contributed by atoms with Crippen molar-refractivity contribution >= 4 is 16.9 Å². The van der Waals surface area contributed by atoms with Gasteiger partial charge >= 0.3 is 0 Å². The molecule has 0 saturated carbocycles. The summed E-state index contributed by atoms with van der Waals surface area (Å²) in [6, 6.07) is 6.22. The molecular weight excluding hydrogens is 284 g/mol. The highest BCUT2D eigenvalue weighted by Crippen LogP contribution is 2.19. The zero-order valence-corrected chi connectivity index (χ0v) is 12.3. The number of amides is 1. The number of nitrogens with one attached hydrogen (secondary N) is 2. The van der Waals surface area contributed by atoms with Gasteiger partial charge in [0.2, 0.25) is 0 Å². The lowest BCUT2D eigenvalue weighted by Gasteiger charge is -2.23. The fourth-order valence-electron chi connectivity index (χ4n) is 2.61. The first kappa shape index (κ1) is 14.6. The molecule has 2 heterocycles. The third kappa shape index (κ3) is 2.96. The molecule has 1 aliphatic rings. The molecule has 1 fully saturated rings. The minimum Gasteiger partial charge on any atom is -0.497 e. The molecule has 3 rings (SSSR count). The fraction of sp³-hybridized carbons (Fsp3) is 0.375. The topological polar surface area (TPSA) is 80.6 Å². The van der Waals surface area contributed by atoms with Gasteiger partial charge in [-0.2, -0.15) is 0 Å². The molecule has 0 aliphatic carbocycles. The van der Waals surface area contributed by atoms with Crippen LogP contribution in [0.4, 0.5) is 0 Å². The van der Waals surface area contributed by atoms with E-state index in [0.29, 0.717) is 16.7 Å². The van der Waals surface area contributed by atoms with Gasteiger partial charge in [-0.3, -0.25) is 9.59 Å². The van der Waals surface area contributed by atoms with Gasteiger partial charge in [0.05, 0.1) is 12.5 Å². The summed E-state index contributed by atoms with van der Waals surface area (Å²) in [5.74, 6) is 0.233. The third-order valence-electron chi connectivity index (χ3n) is 3.79. The van der Waals surface area contributed by atoms with Crippen molar-refractivity contribution in [3.05, 3.63) is 40.2 Å². The lowest BCUT2D eigenvalue weighted by atomic mass is 10.1. The highest BCUT2D eigenvalue weighted by Gasteiger charge is 2.19. The Morgan fingerprint density at radius 3 is 3.00 bits per heavy atom. The number of methoxy groups -OCH3 is 1. The summed E-state index contributed by atoms with van der Waals surface area (Å²) < 4.78 is 10.7. The Morgan fingerprint density at radius 1 is 1.41 bits per heavy atom. The molecule has 6 nitrogen and oxygen atoms in total. The minimum atomic E-state index is -0.365. The lowest BCUT2D eigenvalue weighted by Crippen LogP contribution is -2.45. The summed E-state index contributed by atoms with van der Waals surface area (Å²) in [4.78, 5) is 24.4. The van der Waals surface area contributed by atoms with E-state index in [1.54, 1.807) is 18.2 Å². The van der Waals surface area contributed by atoms with Crippen LogP contribution < -0.4 is 20.8 Å². The van der Waals surface area contributed by atoms with Gasteiger partial charge in [-0.25, -0.2) is 0 Å². The molecule has 0 radical (unpaired) electrons. The number of carbonyl (C=O) groups excluding carboxylic acids is 1. The summed E-state index contributed by atoms with van der Waals surface area (Å²) in [6.45, 7) is 1.70. The van der Waals surface area contributed by atoms with Crippen LogP contribution in [0, 0.1) is 0 Å². The summed E-state index contributed by atoms with van der Waals surface area (Å²) in [5, 5.41) is 6.54. The van der Waals surface area contributed by atoms with Crippen molar-refractivity contribution in [3.8, 4) is 5.75 Å². The van der Waals surface area contributed by atoms with E-state index in [1.807, 2.05) is 0 Å². The average Bonchev–Trinajstić information content (AvgIpc) is 2.55. The van der Waals surface area contributed by atoms with E-state index >= 15 is 0 Å². The Kier molecular flexibility index (Phi) is 4.11. The van der Waals surface area contributed by atoms with Crippen molar-refractivity contribution in [3.63, 3.8) is 0 Å². The SMILES string of the molecule is COc1ccc2c(=O)cc(C(=O)NC3CCCNC3)oc2c1. The molecule has 1 aliphatic heterocycles. The molecule has 6 heteroatoms. The molecule has 2 aromatic rings. The van der Waals surface area contributed by atoms with Crippen LogP contribution in [-0.2, 0) is 0 Å². The molecule has 1 aromatic carbocycles. The Hall–Kier alpha value is -2.34. The first-order valence-electron chi connectivity index (χ1n) is 7.31. The Bertz CT molecular complexity index is 747. The van der Waals surface area contributed by atoms with Gasteiger partial charge in [-0.1, -0.05) is 0 Å². The van der Waals surface area contributed by atoms with E-state index < -0.39 is 0 Å². The number of piperidine rings is 1. The van der Waals surface area contributed by atoms with Crippen molar-refractivity contribution in [1.82, 2.24) is 10.6 Å². The maximum Gasteiger partial charge on any atom is 0.287 e. The highest BCUT2D eigenvalue weighted by atomic mass is 16.5. The van der Waals surface area contributed by atoms with E-state index in [2.05, 4.69) is 10.6 Å². The average molecular weight is 302 g/mol. The van der Waals surface area contributed by atoms with Gasteiger partial charge in [-0.05, 0) is 31.5 Å². The second kappa shape index (κ2) is 6.19. The molecule has 1 aromatic heterocycles. The van der Waals surface area contributed by atoms with Crippen molar-refractivity contribution < 1.29 is 13.9 Å². The molecule has 1 amide bonds. The largest absolute Gasteiger partial charge is 0.497 e. The van der Waals surface area contributed by atoms with Gasteiger partial charge in [-0.15, -0.1) is 0 Å². The molecule has 1 unspecified atom stereocenters. The number of carbonyl (C=O) groups is 1. The van der Waals surface area contributed by atoms with Crippen LogP contribution >= 0.6 is 0 Å². The van der Waals surface area contributed by atoms with Crippen LogP contribution in [-0.4, -0.2) is 32.1 Å². The van der Waals surface area contributed by atoms with Crippen molar-refractivity contribution in [2.24, 2.45) is 0 Å². The van der Waals surface area contributed by atoms with Gasteiger partial charge < -0.3 is 19.8 Å². The second-order valence-corrected chi connectivity index (χ2v) is 5.35. The molecule has 2 N–H and O–H groups in total. The summed E-state index contributed by atoms with van der Waals surface area (Å²) in [7, 11) is 1.53. The zero-order chi connectivity index (χ0) is 15.5. The first-order valence-corrected chi connectivity index (χ1v) is 7.31. The molecule has 0 spiro atoms. The van der Waals surface area contributed by atoms with Crippen LogP contribution in [0.5, 0.6) is 5.75 Å². The van der Waals surface area contributed by atoms with Crippen LogP contribution in [0.25, 0.3) is 11.0 Å². The number of rotatable bonds is 3. The van der Waals surface area contributed by atoms with Crippen LogP contribution in [0.3, 0.4) is 0 Å². The molecule has 0 bridgehead atoms. The van der Waals surface area contributed by atoms with Crippen molar-refractivity contribution in [2.45, 2.75) is 18.9 Å². The molecular formula is C16H18N2O4. The second-order valence-electron chi connectivity index (χ2n) is 5.35. The Balaban J connectivity index is 1.89. The van der Waals surface area contributed by atoms with Gasteiger partial charge in [0.1, 0.15) is 11.3 Å². The standard InChI is InChI=1S/C16H18N2O4/c1-21-11-4-5-12-13(19)8-15(22-14(12)7-11)16(20)18-10-3-2-6-17-9-10/h4-5,7-8,10,17H,2-3,6,9H2,1H3,(H,18,20). The quantitative estimate of drug-likeness (QED) is 0.893. The predicted molar refractivity (Wildman–Crippen MR) is 82.4 cm³/mol. The number of benzene rings is 1. The minimum absolute atomic E-state index is 0.0244.